The highest BCUT2D eigenvalue weighted by atomic mass is 79.9. The van der Waals surface area contributed by atoms with Gasteiger partial charge in [0.1, 0.15) is 5.69 Å². The molecule has 2 aromatic heterocycles. The van der Waals surface area contributed by atoms with Crippen LogP contribution < -0.4 is 27.8 Å². The van der Waals surface area contributed by atoms with E-state index >= 15 is 0 Å². The molecule has 2 aromatic carbocycles. The van der Waals surface area contributed by atoms with Gasteiger partial charge in [0.05, 0.1) is 23.3 Å². The maximum absolute atomic E-state index is 13.4. The number of benzene rings is 2. The summed E-state index contributed by atoms with van der Waals surface area (Å²) in [4.78, 5) is 33.0. The summed E-state index contributed by atoms with van der Waals surface area (Å²) < 4.78 is 1.82. The van der Waals surface area contributed by atoms with Crippen LogP contribution in [0.4, 0.5) is 17.1 Å². The lowest BCUT2D eigenvalue weighted by Gasteiger charge is -2.22. The Morgan fingerprint density at radius 3 is 2.66 bits per heavy atom. The van der Waals surface area contributed by atoms with Crippen molar-refractivity contribution >= 4 is 43.8 Å². The highest BCUT2D eigenvalue weighted by Gasteiger charge is 2.20. The number of hydrazine groups is 1. The summed E-state index contributed by atoms with van der Waals surface area (Å²) in [6.45, 7) is 1.61. The monoisotopic (exact) mass is 452 g/mol. The number of anilines is 3. The van der Waals surface area contributed by atoms with Crippen molar-refractivity contribution in [2.24, 2.45) is 5.84 Å². The van der Waals surface area contributed by atoms with Crippen LogP contribution in [-0.2, 0) is 0 Å². The second-order valence-corrected chi connectivity index (χ2v) is 7.41. The zero-order chi connectivity index (χ0) is 20.7. The molecule has 0 atom stereocenters. The number of aromatic amines is 1. The zero-order valence-electron chi connectivity index (χ0n) is 15.4. The lowest BCUT2D eigenvalue weighted by atomic mass is 10.1. The number of hydrogen-bond acceptors (Lipinski definition) is 6. The third kappa shape index (κ3) is 3.20. The molecule has 2 heterocycles. The third-order valence-corrected chi connectivity index (χ3v) is 5.13. The number of rotatable bonds is 3. The molecule has 146 valence electrons. The minimum absolute atomic E-state index is 0.103. The maximum Gasteiger partial charge on any atom is 0.333 e. The molecule has 0 radical (unpaired) electrons. The van der Waals surface area contributed by atoms with Gasteiger partial charge in [0.25, 0.3) is 5.56 Å². The molecular formula is C20H17BrN6O2. The van der Waals surface area contributed by atoms with E-state index in [1.165, 1.54) is 11.2 Å². The number of nitrogens with zero attached hydrogens (tertiary/aromatic N) is 3. The van der Waals surface area contributed by atoms with E-state index in [4.69, 9.17) is 11.6 Å². The number of nitrogen functional groups attached to an aromatic ring is 1. The Balaban J connectivity index is 1.99. The Hall–Kier alpha value is -3.43. The first kappa shape index (κ1) is 18.9. The standard InChI is InChI=1S/C20H17BrN6O2/c1-11-18(27(23)16-7-6-13(21)8-15(16)22)19(28)26(20(29)25-11)17-10-24-9-12-4-2-3-5-14(12)17/h2-10H,22-23H2,1H3,(H,25,29). The first-order valence-corrected chi connectivity index (χ1v) is 9.46. The van der Waals surface area contributed by atoms with Gasteiger partial charge in [0, 0.05) is 27.1 Å². The van der Waals surface area contributed by atoms with Gasteiger partial charge in [-0.1, -0.05) is 40.2 Å². The SMILES string of the molecule is Cc1[nH]c(=O)n(-c2cncc3ccccc23)c(=O)c1N(N)c1ccc(Br)cc1N. The predicted molar refractivity (Wildman–Crippen MR) is 118 cm³/mol. The number of fused-ring (bicyclic) bond motifs is 1. The van der Waals surface area contributed by atoms with E-state index in [0.29, 0.717) is 22.8 Å². The molecule has 4 aromatic rings. The molecule has 0 amide bonds. The maximum atomic E-state index is 13.4. The van der Waals surface area contributed by atoms with Crippen molar-refractivity contribution in [3.8, 4) is 5.69 Å². The number of pyridine rings is 1. The topological polar surface area (TPSA) is 123 Å². The zero-order valence-corrected chi connectivity index (χ0v) is 17.0. The van der Waals surface area contributed by atoms with Crippen LogP contribution in [0.2, 0.25) is 0 Å². The third-order valence-electron chi connectivity index (χ3n) is 4.64. The second-order valence-electron chi connectivity index (χ2n) is 6.50. The number of aromatic nitrogens is 3. The molecule has 0 aliphatic heterocycles. The first-order valence-electron chi connectivity index (χ1n) is 8.67. The average Bonchev–Trinajstić information content (AvgIpc) is 2.67. The van der Waals surface area contributed by atoms with Crippen molar-refractivity contribution < 1.29 is 0 Å². The summed E-state index contributed by atoms with van der Waals surface area (Å²) in [5.74, 6) is 6.27. The van der Waals surface area contributed by atoms with Crippen molar-refractivity contribution in [3.63, 3.8) is 0 Å². The quantitative estimate of drug-likeness (QED) is 0.249. The van der Waals surface area contributed by atoms with E-state index in [0.717, 1.165) is 19.8 Å². The van der Waals surface area contributed by atoms with Gasteiger partial charge in [0.15, 0.2) is 0 Å². The summed E-state index contributed by atoms with van der Waals surface area (Å²) in [6.07, 6.45) is 3.15. The molecular weight excluding hydrogens is 436 g/mol. The van der Waals surface area contributed by atoms with Crippen LogP contribution in [0.3, 0.4) is 0 Å². The molecule has 0 aliphatic rings. The fourth-order valence-electron chi connectivity index (χ4n) is 3.28. The van der Waals surface area contributed by atoms with Gasteiger partial charge in [-0.05, 0) is 25.1 Å². The van der Waals surface area contributed by atoms with Gasteiger partial charge in [0.2, 0.25) is 0 Å². The molecule has 9 heteroatoms. The van der Waals surface area contributed by atoms with Crippen molar-refractivity contribution in [1.82, 2.24) is 14.5 Å². The largest absolute Gasteiger partial charge is 0.397 e. The molecule has 5 N–H and O–H groups in total. The lowest BCUT2D eigenvalue weighted by Crippen LogP contribution is -2.41. The summed E-state index contributed by atoms with van der Waals surface area (Å²) in [7, 11) is 0. The Bertz CT molecular complexity index is 1360. The van der Waals surface area contributed by atoms with Crippen molar-refractivity contribution in [3.05, 3.63) is 85.9 Å². The van der Waals surface area contributed by atoms with Crippen molar-refractivity contribution in [2.45, 2.75) is 6.92 Å². The van der Waals surface area contributed by atoms with Crippen LogP contribution in [0, 0.1) is 6.92 Å². The van der Waals surface area contributed by atoms with Gasteiger partial charge >= 0.3 is 5.69 Å². The Morgan fingerprint density at radius 1 is 1.14 bits per heavy atom. The molecule has 0 bridgehead atoms. The fourth-order valence-corrected chi connectivity index (χ4v) is 3.66. The summed E-state index contributed by atoms with van der Waals surface area (Å²) in [6, 6.07) is 12.5. The molecule has 29 heavy (non-hydrogen) atoms. The summed E-state index contributed by atoms with van der Waals surface area (Å²) in [5, 5.41) is 2.71. The Morgan fingerprint density at radius 2 is 1.90 bits per heavy atom. The molecule has 4 rings (SSSR count). The van der Waals surface area contributed by atoms with E-state index in [1.807, 2.05) is 24.3 Å². The van der Waals surface area contributed by atoms with Gasteiger partial charge in [-0.15, -0.1) is 0 Å². The van der Waals surface area contributed by atoms with Crippen molar-refractivity contribution in [1.29, 1.82) is 0 Å². The summed E-state index contributed by atoms with van der Waals surface area (Å²) >= 11 is 3.35. The minimum atomic E-state index is -0.577. The van der Waals surface area contributed by atoms with Gasteiger partial charge < -0.3 is 10.7 Å². The molecule has 0 aliphatic carbocycles. The Kier molecular flexibility index (Phi) is 4.69. The highest BCUT2D eigenvalue weighted by molar-refractivity contribution is 9.10. The minimum Gasteiger partial charge on any atom is -0.397 e. The van der Waals surface area contributed by atoms with Gasteiger partial charge in [-0.2, -0.15) is 0 Å². The fraction of sp³-hybridized carbons (Fsp3) is 0.0500. The average molecular weight is 453 g/mol. The number of nitrogens with one attached hydrogen (secondary N) is 1. The molecule has 0 unspecified atom stereocenters. The van der Waals surface area contributed by atoms with Crippen LogP contribution in [0.5, 0.6) is 0 Å². The predicted octanol–water partition coefficient (Wildman–Crippen LogP) is 2.74. The first-order chi connectivity index (χ1) is 13.9. The summed E-state index contributed by atoms with van der Waals surface area (Å²) in [5.41, 5.74) is 6.53. The number of nitrogens with two attached hydrogens (primary N) is 2. The number of H-pyrrole nitrogens is 1. The normalized spacial score (nSPS) is 11.0. The smallest absolute Gasteiger partial charge is 0.333 e. The van der Waals surface area contributed by atoms with Crippen LogP contribution in [0.1, 0.15) is 5.69 Å². The van der Waals surface area contributed by atoms with Gasteiger partial charge in [-0.3, -0.25) is 14.8 Å². The molecule has 0 saturated carbocycles. The number of hydrogen-bond donors (Lipinski definition) is 3. The van der Waals surface area contributed by atoms with Gasteiger partial charge in [-0.25, -0.2) is 15.2 Å². The van der Waals surface area contributed by atoms with Crippen LogP contribution >= 0.6 is 15.9 Å². The van der Waals surface area contributed by atoms with E-state index in [-0.39, 0.29) is 5.69 Å². The van der Waals surface area contributed by atoms with E-state index in [1.54, 1.807) is 31.3 Å². The van der Waals surface area contributed by atoms with E-state index < -0.39 is 11.2 Å². The van der Waals surface area contributed by atoms with E-state index in [9.17, 15) is 9.59 Å². The molecule has 0 saturated heterocycles. The molecule has 0 fully saturated rings. The van der Waals surface area contributed by atoms with E-state index in [2.05, 4.69) is 25.9 Å². The molecule has 8 nitrogen and oxygen atoms in total. The molecule has 0 spiro atoms. The Labute approximate surface area is 173 Å². The lowest BCUT2D eigenvalue weighted by molar-refractivity contribution is 0.844. The highest BCUT2D eigenvalue weighted by Crippen LogP contribution is 2.29. The second kappa shape index (κ2) is 7.19. The van der Waals surface area contributed by atoms with Crippen molar-refractivity contribution in [2.75, 3.05) is 10.7 Å². The van der Waals surface area contributed by atoms with Crippen LogP contribution in [-0.4, -0.2) is 14.5 Å². The number of halogens is 1. The number of aryl methyl sites for hydroxylation is 1. The van der Waals surface area contributed by atoms with Crippen LogP contribution in [0.15, 0.2) is 68.9 Å². The van der Waals surface area contributed by atoms with Crippen LogP contribution in [0.25, 0.3) is 16.5 Å².